The van der Waals surface area contributed by atoms with Crippen molar-refractivity contribution in [3.63, 3.8) is 0 Å². The average molecular weight is 242 g/mol. The number of aliphatic hydroxyl groups is 1. The first-order chi connectivity index (χ1) is 8.22. The molecule has 0 bridgehead atoms. The highest BCUT2D eigenvalue weighted by atomic mass is 16.3. The zero-order chi connectivity index (χ0) is 12.6. The van der Waals surface area contributed by atoms with Gasteiger partial charge >= 0.3 is 0 Å². The Kier molecular flexibility index (Phi) is 6.52. The number of hydrogen-bond acceptors (Lipinski definition) is 3. The van der Waals surface area contributed by atoms with Gasteiger partial charge in [0.05, 0.1) is 6.61 Å². The van der Waals surface area contributed by atoms with Crippen molar-refractivity contribution in [2.75, 3.05) is 19.7 Å². The molecule has 4 heteroatoms. The summed E-state index contributed by atoms with van der Waals surface area (Å²) in [5.41, 5.74) is 5.36. The molecule has 1 aliphatic carbocycles. The fraction of sp³-hybridized carbons (Fsp3) is 0.923. The normalized spacial score (nSPS) is 18.2. The summed E-state index contributed by atoms with van der Waals surface area (Å²) >= 11 is 0. The van der Waals surface area contributed by atoms with E-state index in [4.69, 9.17) is 5.73 Å². The Hall–Kier alpha value is -0.610. The zero-order valence-corrected chi connectivity index (χ0v) is 10.7. The molecular weight excluding hydrogens is 216 g/mol. The largest absolute Gasteiger partial charge is 0.396 e. The fourth-order valence-corrected chi connectivity index (χ4v) is 2.50. The van der Waals surface area contributed by atoms with Gasteiger partial charge in [-0.05, 0) is 32.2 Å². The van der Waals surface area contributed by atoms with E-state index in [1.165, 1.54) is 12.8 Å². The molecule has 0 aliphatic heterocycles. The SMILES string of the molecule is NCCCCCC(=O)NCC1(CO)CCCC1. The summed E-state index contributed by atoms with van der Waals surface area (Å²) in [5, 5.41) is 12.4. The molecule has 1 saturated carbocycles. The molecule has 0 radical (unpaired) electrons. The van der Waals surface area contributed by atoms with Gasteiger partial charge in [0.2, 0.25) is 5.91 Å². The van der Waals surface area contributed by atoms with Crippen LogP contribution in [0.3, 0.4) is 0 Å². The summed E-state index contributed by atoms with van der Waals surface area (Å²) in [5.74, 6) is 0.113. The monoisotopic (exact) mass is 242 g/mol. The van der Waals surface area contributed by atoms with Crippen molar-refractivity contribution in [3.8, 4) is 0 Å². The first kappa shape index (κ1) is 14.5. The lowest BCUT2D eigenvalue weighted by molar-refractivity contribution is -0.121. The van der Waals surface area contributed by atoms with Crippen LogP contribution in [0.15, 0.2) is 0 Å². The van der Waals surface area contributed by atoms with Crippen LogP contribution in [-0.2, 0) is 4.79 Å². The van der Waals surface area contributed by atoms with Crippen LogP contribution < -0.4 is 11.1 Å². The first-order valence-electron chi connectivity index (χ1n) is 6.80. The molecule has 0 heterocycles. The van der Waals surface area contributed by atoms with Crippen molar-refractivity contribution in [3.05, 3.63) is 0 Å². The van der Waals surface area contributed by atoms with Gasteiger partial charge in [0.25, 0.3) is 0 Å². The molecular formula is C13H26N2O2. The number of aliphatic hydroxyl groups excluding tert-OH is 1. The summed E-state index contributed by atoms with van der Waals surface area (Å²) in [6.45, 7) is 1.54. The maximum Gasteiger partial charge on any atom is 0.220 e. The Morgan fingerprint density at radius 3 is 2.53 bits per heavy atom. The van der Waals surface area contributed by atoms with Crippen molar-refractivity contribution in [2.45, 2.75) is 51.4 Å². The van der Waals surface area contributed by atoms with E-state index in [9.17, 15) is 9.90 Å². The van der Waals surface area contributed by atoms with Crippen LogP contribution in [0.4, 0.5) is 0 Å². The predicted octanol–water partition coefficient (Wildman–Crippen LogP) is 1.17. The second kappa shape index (κ2) is 7.67. The maximum atomic E-state index is 11.6. The Bertz CT molecular complexity index is 225. The van der Waals surface area contributed by atoms with Crippen LogP contribution in [-0.4, -0.2) is 30.7 Å². The molecule has 1 rings (SSSR count). The van der Waals surface area contributed by atoms with Crippen molar-refractivity contribution in [1.29, 1.82) is 0 Å². The van der Waals surface area contributed by atoms with Crippen LogP contribution in [0, 0.1) is 5.41 Å². The number of hydrogen-bond donors (Lipinski definition) is 3. The molecule has 100 valence electrons. The van der Waals surface area contributed by atoms with Crippen LogP contribution in [0.2, 0.25) is 0 Å². The van der Waals surface area contributed by atoms with Crippen LogP contribution in [0.1, 0.15) is 51.4 Å². The minimum Gasteiger partial charge on any atom is -0.396 e. The van der Waals surface area contributed by atoms with Crippen molar-refractivity contribution < 1.29 is 9.90 Å². The molecule has 1 fully saturated rings. The molecule has 0 aromatic carbocycles. The van der Waals surface area contributed by atoms with Gasteiger partial charge in [-0.3, -0.25) is 4.79 Å². The van der Waals surface area contributed by atoms with Gasteiger partial charge < -0.3 is 16.2 Å². The topological polar surface area (TPSA) is 75.4 Å². The molecule has 0 aromatic heterocycles. The number of unbranched alkanes of at least 4 members (excludes halogenated alkanes) is 2. The number of nitrogens with two attached hydrogens (primary N) is 1. The van der Waals surface area contributed by atoms with E-state index in [-0.39, 0.29) is 17.9 Å². The van der Waals surface area contributed by atoms with Gasteiger partial charge in [0.1, 0.15) is 0 Å². The number of rotatable bonds is 8. The van der Waals surface area contributed by atoms with E-state index in [2.05, 4.69) is 5.32 Å². The van der Waals surface area contributed by atoms with Crippen molar-refractivity contribution in [1.82, 2.24) is 5.32 Å². The summed E-state index contributed by atoms with van der Waals surface area (Å²) < 4.78 is 0. The Morgan fingerprint density at radius 1 is 1.24 bits per heavy atom. The molecule has 0 spiro atoms. The van der Waals surface area contributed by atoms with Crippen LogP contribution in [0.25, 0.3) is 0 Å². The minimum absolute atomic E-state index is 0.0348. The van der Waals surface area contributed by atoms with Crippen molar-refractivity contribution >= 4 is 5.91 Å². The number of carbonyl (C=O) groups excluding carboxylic acids is 1. The highest BCUT2D eigenvalue weighted by Gasteiger charge is 2.33. The molecule has 0 atom stereocenters. The maximum absolute atomic E-state index is 11.6. The van der Waals surface area contributed by atoms with E-state index in [1.54, 1.807) is 0 Å². The van der Waals surface area contributed by atoms with E-state index in [1.807, 2.05) is 0 Å². The highest BCUT2D eigenvalue weighted by Crippen LogP contribution is 2.36. The smallest absolute Gasteiger partial charge is 0.220 e. The lowest BCUT2D eigenvalue weighted by Crippen LogP contribution is -2.38. The highest BCUT2D eigenvalue weighted by molar-refractivity contribution is 5.75. The standard InChI is InChI=1S/C13H26N2O2/c14-9-5-1-2-6-12(17)15-10-13(11-16)7-3-4-8-13/h16H,1-11,14H2,(H,15,17). The van der Waals surface area contributed by atoms with Crippen LogP contribution in [0.5, 0.6) is 0 Å². The van der Waals surface area contributed by atoms with Gasteiger partial charge in [-0.2, -0.15) is 0 Å². The summed E-state index contributed by atoms with van der Waals surface area (Å²) in [6, 6.07) is 0. The fourth-order valence-electron chi connectivity index (χ4n) is 2.50. The Morgan fingerprint density at radius 2 is 1.94 bits per heavy atom. The second-order valence-corrected chi connectivity index (χ2v) is 5.24. The lowest BCUT2D eigenvalue weighted by atomic mass is 9.87. The molecule has 17 heavy (non-hydrogen) atoms. The molecule has 0 unspecified atom stereocenters. The molecule has 1 amide bonds. The van der Waals surface area contributed by atoms with Gasteiger partial charge in [-0.1, -0.05) is 19.3 Å². The minimum atomic E-state index is -0.0348. The average Bonchev–Trinajstić information content (AvgIpc) is 2.82. The van der Waals surface area contributed by atoms with Gasteiger partial charge in [0.15, 0.2) is 0 Å². The molecule has 0 saturated heterocycles. The quantitative estimate of drug-likeness (QED) is 0.559. The molecule has 0 aromatic rings. The Labute approximate surface area is 104 Å². The van der Waals surface area contributed by atoms with E-state index >= 15 is 0 Å². The van der Waals surface area contributed by atoms with E-state index < -0.39 is 0 Å². The lowest BCUT2D eigenvalue weighted by Gasteiger charge is -2.26. The predicted molar refractivity (Wildman–Crippen MR) is 68.5 cm³/mol. The zero-order valence-electron chi connectivity index (χ0n) is 10.7. The number of nitrogens with one attached hydrogen (secondary N) is 1. The molecule has 1 aliphatic rings. The van der Waals surface area contributed by atoms with Crippen LogP contribution >= 0.6 is 0 Å². The number of carbonyl (C=O) groups is 1. The third-order valence-corrected chi connectivity index (χ3v) is 3.77. The number of amides is 1. The van der Waals surface area contributed by atoms with Crippen molar-refractivity contribution in [2.24, 2.45) is 11.1 Å². The summed E-state index contributed by atoms with van der Waals surface area (Å²) in [6.07, 6.45) is 7.94. The summed E-state index contributed by atoms with van der Waals surface area (Å²) in [7, 11) is 0. The third kappa shape index (κ3) is 5.04. The molecule has 4 N–H and O–H groups in total. The second-order valence-electron chi connectivity index (χ2n) is 5.24. The van der Waals surface area contributed by atoms with E-state index in [0.717, 1.165) is 32.1 Å². The first-order valence-corrected chi connectivity index (χ1v) is 6.80. The Balaban J connectivity index is 2.14. The van der Waals surface area contributed by atoms with Gasteiger partial charge in [-0.15, -0.1) is 0 Å². The third-order valence-electron chi connectivity index (χ3n) is 3.77. The van der Waals surface area contributed by atoms with E-state index in [0.29, 0.717) is 19.5 Å². The van der Waals surface area contributed by atoms with Gasteiger partial charge in [0, 0.05) is 18.4 Å². The van der Waals surface area contributed by atoms with Gasteiger partial charge in [-0.25, -0.2) is 0 Å². The molecule has 4 nitrogen and oxygen atoms in total. The summed E-state index contributed by atoms with van der Waals surface area (Å²) in [4.78, 5) is 11.6.